The van der Waals surface area contributed by atoms with Gasteiger partial charge in [0.2, 0.25) is 5.91 Å². The highest BCUT2D eigenvalue weighted by Crippen LogP contribution is 2.23. The molecule has 2 heterocycles. The van der Waals surface area contributed by atoms with Crippen LogP contribution in [0.1, 0.15) is 23.3 Å². The molecule has 0 unspecified atom stereocenters. The quantitative estimate of drug-likeness (QED) is 0.824. The van der Waals surface area contributed by atoms with Gasteiger partial charge in [0.05, 0.1) is 0 Å². The highest BCUT2D eigenvalue weighted by Gasteiger charge is 2.19. The maximum absolute atomic E-state index is 11.3. The van der Waals surface area contributed by atoms with E-state index in [9.17, 15) is 9.59 Å². The number of nitrogens with zero attached hydrogens (tertiary/aromatic N) is 2. The second kappa shape index (κ2) is 5.50. The van der Waals surface area contributed by atoms with Crippen molar-refractivity contribution in [1.29, 1.82) is 0 Å². The van der Waals surface area contributed by atoms with Gasteiger partial charge in [-0.2, -0.15) is 0 Å². The Hall–Kier alpha value is -1.08. The molecule has 5 nitrogen and oxygen atoms in total. The van der Waals surface area contributed by atoms with Crippen LogP contribution in [0.4, 0.5) is 0 Å². The van der Waals surface area contributed by atoms with E-state index in [0.717, 1.165) is 23.1 Å². The number of carbonyl (C=O) groups excluding carboxylic acids is 1. The fraction of sp³-hybridized carbons (Fsp3) is 0.500. The lowest BCUT2D eigenvalue weighted by molar-refractivity contribution is -0.127. The molecule has 1 amide bonds. The van der Waals surface area contributed by atoms with Crippen molar-refractivity contribution in [1.82, 2.24) is 9.88 Å². The third-order valence-corrected chi connectivity index (χ3v) is 4.46. The Morgan fingerprint density at radius 1 is 1.65 bits per heavy atom. The minimum Gasteiger partial charge on any atom is -0.476 e. The lowest BCUT2D eigenvalue weighted by Gasteiger charge is -2.13. The first-order valence-electron chi connectivity index (χ1n) is 5.26. The molecule has 1 fully saturated rings. The summed E-state index contributed by atoms with van der Waals surface area (Å²) >= 11 is 2.83. The van der Waals surface area contributed by atoms with Gasteiger partial charge < -0.3 is 10.0 Å². The van der Waals surface area contributed by atoms with Crippen molar-refractivity contribution >= 4 is 35.0 Å². The molecule has 1 saturated heterocycles. The molecule has 0 saturated carbocycles. The Morgan fingerprint density at radius 2 is 2.47 bits per heavy atom. The van der Waals surface area contributed by atoms with Crippen molar-refractivity contribution in [3.8, 4) is 0 Å². The lowest BCUT2D eigenvalue weighted by Crippen LogP contribution is -2.26. The number of carboxylic acid groups (broad SMARTS) is 1. The molecule has 0 bridgehead atoms. The van der Waals surface area contributed by atoms with E-state index in [1.807, 2.05) is 4.90 Å². The molecular formula is C10H12N2O3S2. The third-order valence-electron chi connectivity index (χ3n) is 2.46. The van der Waals surface area contributed by atoms with Gasteiger partial charge in [0.25, 0.3) is 0 Å². The first kappa shape index (κ1) is 12.4. The molecule has 0 radical (unpaired) electrons. The molecule has 0 atom stereocenters. The minimum absolute atomic E-state index is 0.0924. The Labute approximate surface area is 107 Å². The van der Waals surface area contributed by atoms with E-state index in [1.54, 1.807) is 0 Å². The van der Waals surface area contributed by atoms with Crippen molar-refractivity contribution in [2.75, 3.05) is 18.8 Å². The van der Waals surface area contributed by atoms with E-state index in [2.05, 4.69) is 4.98 Å². The van der Waals surface area contributed by atoms with Crippen LogP contribution in [0, 0.1) is 0 Å². The van der Waals surface area contributed by atoms with E-state index in [-0.39, 0.29) is 11.6 Å². The zero-order valence-electron chi connectivity index (χ0n) is 9.09. The Kier molecular flexibility index (Phi) is 4.01. The molecule has 0 spiro atoms. The molecule has 1 N–H and O–H groups in total. The van der Waals surface area contributed by atoms with Gasteiger partial charge >= 0.3 is 5.97 Å². The Balaban J connectivity index is 1.77. The topological polar surface area (TPSA) is 70.5 Å². The van der Waals surface area contributed by atoms with Crippen molar-refractivity contribution in [2.24, 2.45) is 0 Å². The number of carbonyl (C=O) groups is 2. The maximum Gasteiger partial charge on any atom is 0.355 e. The number of hydrogen-bond acceptors (Lipinski definition) is 5. The second-order valence-corrected chi connectivity index (χ2v) is 5.84. The molecule has 2 rings (SSSR count). The number of thiazole rings is 1. The van der Waals surface area contributed by atoms with Crippen LogP contribution in [0.2, 0.25) is 0 Å². The van der Waals surface area contributed by atoms with Gasteiger partial charge in [0.1, 0.15) is 0 Å². The number of likely N-dealkylation sites (tertiary alicyclic amines) is 1. The number of amides is 1. The van der Waals surface area contributed by atoms with Crippen LogP contribution >= 0.6 is 23.1 Å². The fourth-order valence-electron chi connectivity index (χ4n) is 1.61. The number of thioether (sulfide) groups is 1. The average molecular weight is 272 g/mol. The van der Waals surface area contributed by atoms with E-state index >= 15 is 0 Å². The highest BCUT2D eigenvalue weighted by molar-refractivity contribution is 8.01. The van der Waals surface area contributed by atoms with Gasteiger partial charge in [0, 0.05) is 30.6 Å². The predicted octanol–water partition coefficient (Wildman–Crippen LogP) is 1.56. The maximum atomic E-state index is 11.3. The SMILES string of the molecule is O=C(O)c1csc(SCCN2CCCC2=O)n1. The molecule has 92 valence electrons. The Bertz CT molecular complexity index is 433. The van der Waals surface area contributed by atoms with Crippen LogP contribution in [0.15, 0.2) is 9.72 Å². The Morgan fingerprint density at radius 3 is 3.06 bits per heavy atom. The zero-order valence-corrected chi connectivity index (χ0v) is 10.7. The van der Waals surface area contributed by atoms with Crippen LogP contribution < -0.4 is 0 Å². The predicted molar refractivity (Wildman–Crippen MR) is 65.6 cm³/mol. The van der Waals surface area contributed by atoms with E-state index in [0.29, 0.717) is 13.0 Å². The van der Waals surface area contributed by atoms with Crippen LogP contribution in [-0.2, 0) is 4.79 Å². The largest absolute Gasteiger partial charge is 0.476 e. The normalized spacial score (nSPS) is 15.5. The standard InChI is InChI=1S/C10H12N2O3S2/c13-8-2-1-3-12(8)4-5-16-10-11-7(6-17-10)9(14)15/h6H,1-5H2,(H,14,15). The first-order valence-corrected chi connectivity index (χ1v) is 7.13. The summed E-state index contributed by atoms with van der Waals surface area (Å²) in [4.78, 5) is 27.8. The molecular weight excluding hydrogens is 260 g/mol. The zero-order chi connectivity index (χ0) is 12.3. The molecule has 1 aliphatic rings. The highest BCUT2D eigenvalue weighted by atomic mass is 32.2. The summed E-state index contributed by atoms with van der Waals surface area (Å²) in [6.07, 6.45) is 1.61. The number of aromatic carboxylic acids is 1. The fourth-order valence-corrected chi connectivity index (χ4v) is 3.44. The van der Waals surface area contributed by atoms with Crippen LogP contribution in [-0.4, -0.2) is 45.7 Å². The smallest absolute Gasteiger partial charge is 0.355 e. The van der Waals surface area contributed by atoms with Crippen molar-refractivity contribution in [3.05, 3.63) is 11.1 Å². The summed E-state index contributed by atoms with van der Waals surface area (Å²) in [7, 11) is 0. The van der Waals surface area contributed by atoms with Gasteiger partial charge in [-0.15, -0.1) is 11.3 Å². The van der Waals surface area contributed by atoms with Gasteiger partial charge in [-0.1, -0.05) is 11.8 Å². The average Bonchev–Trinajstić information content (AvgIpc) is 2.89. The first-order chi connectivity index (χ1) is 8.16. The monoisotopic (exact) mass is 272 g/mol. The number of carboxylic acids is 1. The molecule has 1 aromatic heterocycles. The molecule has 7 heteroatoms. The summed E-state index contributed by atoms with van der Waals surface area (Å²) in [6, 6.07) is 0. The van der Waals surface area contributed by atoms with Gasteiger partial charge in [-0.05, 0) is 6.42 Å². The van der Waals surface area contributed by atoms with Crippen LogP contribution in [0.25, 0.3) is 0 Å². The van der Waals surface area contributed by atoms with Crippen molar-refractivity contribution in [3.63, 3.8) is 0 Å². The number of rotatable bonds is 5. The molecule has 0 aliphatic carbocycles. The lowest BCUT2D eigenvalue weighted by atomic mass is 10.4. The molecule has 1 aliphatic heterocycles. The second-order valence-electron chi connectivity index (χ2n) is 3.64. The minimum atomic E-state index is -0.997. The number of hydrogen-bond donors (Lipinski definition) is 1. The summed E-state index contributed by atoms with van der Waals surface area (Å²) in [5.41, 5.74) is 0.0924. The van der Waals surface area contributed by atoms with Crippen molar-refractivity contribution < 1.29 is 14.7 Å². The van der Waals surface area contributed by atoms with Crippen LogP contribution in [0.5, 0.6) is 0 Å². The van der Waals surface area contributed by atoms with Gasteiger partial charge in [-0.3, -0.25) is 4.79 Å². The van der Waals surface area contributed by atoms with Crippen molar-refractivity contribution in [2.45, 2.75) is 17.2 Å². The van der Waals surface area contributed by atoms with Crippen LogP contribution in [0.3, 0.4) is 0 Å². The molecule has 0 aromatic carbocycles. The summed E-state index contributed by atoms with van der Waals surface area (Å²) in [6.45, 7) is 1.56. The van der Waals surface area contributed by atoms with E-state index in [1.165, 1.54) is 28.5 Å². The summed E-state index contributed by atoms with van der Waals surface area (Å²) in [5.74, 6) is -0.0167. The van der Waals surface area contributed by atoms with E-state index in [4.69, 9.17) is 5.11 Å². The van der Waals surface area contributed by atoms with Gasteiger partial charge in [-0.25, -0.2) is 9.78 Å². The molecule has 1 aromatic rings. The summed E-state index contributed by atoms with van der Waals surface area (Å²) in [5, 5.41) is 10.2. The summed E-state index contributed by atoms with van der Waals surface area (Å²) < 4.78 is 0.744. The molecule has 17 heavy (non-hydrogen) atoms. The third kappa shape index (κ3) is 3.19. The van der Waals surface area contributed by atoms with Gasteiger partial charge in [0.15, 0.2) is 10.0 Å². The van der Waals surface area contributed by atoms with E-state index < -0.39 is 5.97 Å². The number of aromatic nitrogens is 1.